The maximum absolute atomic E-state index is 12.4. The fraction of sp³-hybridized carbons (Fsp3) is 0.235. The Morgan fingerprint density at radius 3 is 2.10 bits per heavy atom. The zero-order valence-corrected chi connectivity index (χ0v) is 12.7. The molecule has 0 spiro atoms. The molecule has 0 aliphatic rings. The predicted molar refractivity (Wildman–Crippen MR) is 83.4 cm³/mol. The largest absolute Gasteiger partial charge is 0.497 e. The fourth-order valence-electron chi connectivity index (χ4n) is 2.09. The molecular formula is C17H19NO3. The third-order valence-corrected chi connectivity index (χ3v) is 3.24. The summed E-state index contributed by atoms with van der Waals surface area (Å²) >= 11 is 0. The van der Waals surface area contributed by atoms with Crippen LogP contribution in [-0.2, 0) is 0 Å². The summed E-state index contributed by atoms with van der Waals surface area (Å²) in [5.41, 5.74) is 3.48. The summed E-state index contributed by atoms with van der Waals surface area (Å²) in [6, 6.07) is 11.0. The van der Waals surface area contributed by atoms with Crippen LogP contribution in [0.15, 0.2) is 36.4 Å². The van der Waals surface area contributed by atoms with Gasteiger partial charge in [0.25, 0.3) is 5.91 Å². The zero-order chi connectivity index (χ0) is 15.4. The summed E-state index contributed by atoms with van der Waals surface area (Å²) in [6.45, 7) is 3.99. The van der Waals surface area contributed by atoms with Crippen LogP contribution in [0.3, 0.4) is 0 Å². The Bertz CT molecular complexity index is 643. The third-order valence-electron chi connectivity index (χ3n) is 3.24. The topological polar surface area (TPSA) is 47.6 Å². The average Bonchev–Trinajstić information content (AvgIpc) is 2.49. The number of anilines is 1. The number of aryl methyl sites for hydroxylation is 2. The van der Waals surface area contributed by atoms with E-state index in [1.165, 1.54) is 0 Å². The second-order valence-electron chi connectivity index (χ2n) is 4.87. The summed E-state index contributed by atoms with van der Waals surface area (Å²) in [4.78, 5) is 12.4. The van der Waals surface area contributed by atoms with E-state index in [1.54, 1.807) is 32.4 Å². The summed E-state index contributed by atoms with van der Waals surface area (Å²) < 4.78 is 10.4. The van der Waals surface area contributed by atoms with Crippen molar-refractivity contribution < 1.29 is 14.3 Å². The molecule has 0 radical (unpaired) electrons. The van der Waals surface area contributed by atoms with Gasteiger partial charge in [0.05, 0.1) is 14.2 Å². The number of methoxy groups -OCH3 is 2. The molecule has 4 heteroatoms. The molecule has 0 heterocycles. The lowest BCUT2D eigenvalue weighted by Crippen LogP contribution is -2.13. The summed E-state index contributed by atoms with van der Waals surface area (Å²) in [7, 11) is 3.11. The lowest BCUT2D eigenvalue weighted by molar-refractivity contribution is 0.102. The van der Waals surface area contributed by atoms with Gasteiger partial charge in [-0.05, 0) is 37.6 Å². The number of rotatable bonds is 4. The molecule has 2 aromatic carbocycles. The minimum absolute atomic E-state index is 0.195. The normalized spacial score (nSPS) is 10.1. The maximum Gasteiger partial charge on any atom is 0.255 e. The highest BCUT2D eigenvalue weighted by molar-refractivity contribution is 6.05. The van der Waals surface area contributed by atoms with Gasteiger partial charge in [-0.25, -0.2) is 0 Å². The van der Waals surface area contributed by atoms with Crippen LogP contribution >= 0.6 is 0 Å². The lowest BCUT2D eigenvalue weighted by Gasteiger charge is -2.11. The SMILES string of the molecule is COc1cc(OC)cc(C(=O)Nc2ccc(C)cc2C)c1. The molecule has 0 atom stereocenters. The van der Waals surface area contributed by atoms with Gasteiger partial charge >= 0.3 is 0 Å². The number of carbonyl (C=O) groups is 1. The van der Waals surface area contributed by atoms with Crippen LogP contribution in [0.4, 0.5) is 5.69 Å². The minimum atomic E-state index is -0.195. The molecule has 0 aliphatic carbocycles. The van der Waals surface area contributed by atoms with Crippen molar-refractivity contribution in [3.8, 4) is 11.5 Å². The Labute approximate surface area is 124 Å². The quantitative estimate of drug-likeness (QED) is 0.934. The van der Waals surface area contributed by atoms with E-state index in [9.17, 15) is 4.79 Å². The second kappa shape index (κ2) is 6.31. The molecule has 2 rings (SSSR count). The molecule has 0 saturated carbocycles. The van der Waals surface area contributed by atoms with Gasteiger partial charge in [0.2, 0.25) is 0 Å². The van der Waals surface area contributed by atoms with Crippen molar-refractivity contribution in [1.82, 2.24) is 0 Å². The smallest absolute Gasteiger partial charge is 0.255 e. The van der Waals surface area contributed by atoms with E-state index in [0.717, 1.165) is 16.8 Å². The number of nitrogens with one attached hydrogen (secondary N) is 1. The number of benzene rings is 2. The van der Waals surface area contributed by atoms with Crippen LogP contribution in [0.5, 0.6) is 11.5 Å². The number of amides is 1. The maximum atomic E-state index is 12.4. The second-order valence-corrected chi connectivity index (χ2v) is 4.87. The monoisotopic (exact) mass is 285 g/mol. The van der Waals surface area contributed by atoms with Gasteiger partial charge in [0, 0.05) is 17.3 Å². The Morgan fingerprint density at radius 2 is 1.57 bits per heavy atom. The Balaban J connectivity index is 2.27. The van der Waals surface area contributed by atoms with Crippen molar-refractivity contribution in [3.05, 3.63) is 53.1 Å². The van der Waals surface area contributed by atoms with Gasteiger partial charge in [-0.1, -0.05) is 17.7 Å². The fourth-order valence-corrected chi connectivity index (χ4v) is 2.09. The molecule has 1 N–H and O–H groups in total. The Morgan fingerprint density at radius 1 is 0.952 bits per heavy atom. The molecule has 0 saturated heterocycles. The molecule has 110 valence electrons. The standard InChI is InChI=1S/C17H19NO3/c1-11-5-6-16(12(2)7-11)18-17(19)13-8-14(20-3)10-15(9-13)21-4/h5-10H,1-4H3,(H,18,19). The first-order valence-corrected chi connectivity index (χ1v) is 6.65. The van der Waals surface area contributed by atoms with Gasteiger partial charge in [-0.15, -0.1) is 0 Å². The van der Waals surface area contributed by atoms with Gasteiger partial charge in [0.1, 0.15) is 11.5 Å². The van der Waals surface area contributed by atoms with E-state index in [-0.39, 0.29) is 5.91 Å². The molecule has 0 aliphatic heterocycles. The molecule has 21 heavy (non-hydrogen) atoms. The van der Waals surface area contributed by atoms with Crippen LogP contribution in [-0.4, -0.2) is 20.1 Å². The Kier molecular flexibility index (Phi) is 4.48. The highest BCUT2D eigenvalue weighted by Gasteiger charge is 2.11. The summed E-state index contributed by atoms with van der Waals surface area (Å²) in [5.74, 6) is 0.972. The number of ether oxygens (including phenoxy) is 2. The van der Waals surface area contributed by atoms with E-state index >= 15 is 0 Å². The highest BCUT2D eigenvalue weighted by atomic mass is 16.5. The van der Waals surface area contributed by atoms with E-state index in [1.807, 2.05) is 32.0 Å². The lowest BCUT2D eigenvalue weighted by atomic mass is 10.1. The molecule has 1 amide bonds. The number of hydrogen-bond donors (Lipinski definition) is 1. The van der Waals surface area contributed by atoms with E-state index in [4.69, 9.17) is 9.47 Å². The third kappa shape index (κ3) is 3.54. The molecule has 0 fully saturated rings. The van der Waals surface area contributed by atoms with Crippen molar-refractivity contribution in [2.45, 2.75) is 13.8 Å². The summed E-state index contributed by atoms with van der Waals surface area (Å²) in [5, 5.41) is 2.91. The predicted octanol–water partition coefficient (Wildman–Crippen LogP) is 3.57. The van der Waals surface area contributed by atoms with Crippen LogP contribution in [0, 0.1) is 13.8 Å². The molecule has 0 bridgehead atoms. The first kappa shape index (κ1) is 14.9. The van der Waals surface area contributed by atoms with E-state index in [2.05, 4.69) is 5.32 Å². The Hall–Kier alpha value is -2.49. The number of carbonyl (C=O) groups excluding carboxylic acids is 1. The molecule has 2 aromatic rings. The molecular weight excluding hydrogens is 266 g/mol. The van der Waals surface area contributed by atoms with E-state index < -0.39 is 0 Å². The van der Waals surface area contributed by atoms with Crippen LogP contribution in [0.1, 0.15) is 21.5 Å². The van der Waals surface area contributed by atoms with Gasteiger partial charge < -0.3 is 14.8 Å². The van der Waals surface area contributed by atoms with Crippen molar-refractivity contribution in [2.75, 3.05) is 19.5 Å². The minimum Gasteiger partial charge on any atom is -0.497 e. The van der Waals surface area contributed by atoms with Crippen LogP contribution < -0.4 is 14.8 Å². The summed E-state index contributed by atoms with van der Waals surface area (Å²) in [6.07, 6.45) is 0. The van der Waals surface area contributed by atoms with E-state index in [0.29, 0.717) is 17.1 Å². The first-order chi connectivity index (χ1) is 10.0. The van der Waals surface area contributed by atoms with Crippen molar-refractivity contribution in [1.29, 1.82) is 0 Å². The average molecular weight is 285 g/mol. The highest BCUT2D eigenvalue weighted by Crippen LogP contribution is 2.24. The van der Waals surface area contributed by atoms with Crippen molar-refractivity contribution in [3.63, 3.8) is 0 Å². The molecule has 0 aromatic heterocycles. The van der Waals surface area contributed by atoms with Crippen LogP contribution in [0.2, 0.25) is 0 Å². The number of hydrogen-bond acceptors (Lipinski definition) is 3. The van der Waals surface area contributed by atoms with Crippen molar-refractivity contribution in [2.24, 2.45) is 0 Å². The van der Waals surface area contributed by atoms with Crippen LogP contribution in [0.25, 0.3) is 0 Å². The van der Waals surface area contributed by atoms with Gasteiger partial charge in [-0.3, -0.25) is 4.79 Å². The van der Waals surface area contributed by atoms with Gasteiger partial charge in [-0.2, -0.15) is 0 Å². The van der Waals surface area contributed by atoms with Crippen molar-refractivity contribution >= 4 is 11.6 Å². The zero-order valence-electron chi connectivity index (χ0n) is 12.7. The molecule has 4 nitrogen and oxygen atoms in total. The molecule has 0 unspecified atom stereocenters. The first-order valence-electron chi connectivity index (χ1n) is 6.65. The van der Waals surface area contributed by atoms with Gasteiger partial charge in [0.15, 0.2) is 0 Å².